The van der Waals surface area contributed by atoms with E-state index in [1.54, 1.807) is 6.07 Å². The van der Waals surface area contributed by atoms with Crippen molar-refractivity contribution < 1.29 is 9.53 Å². The molecule has 3 fully saturated rings. The molecule has 1 saturated heterocycles. The maximum atomic E-state index is 11.3. The number of benzene rings is 1. The molecule has 0 bridgehead atoms. The summed E-state index contributed by atoms with van der Waals surface area (Å²) in [6, 6.07) is 8.30. The van der Waals surface area contributed by atoms with Gasteiger partial charge < -0.3 is 15.8 Å². The van der Waals surface area contributed by atoms with E-state index in [1.807, 2.05) is 12.1 Å². The Balaban J connectivity index is 1.37. The summed E-state index contributed by atoms with van der Waals surface area (Å²) in [6.07, 6.45) is 8.01. The molecule has 1 amide bonds. The Morgan fingerprint density at radius 1 is 1.35 bits per heavy atom. The number of hydrogen-bond acceptors (Lipinski definition) is 3. The first-order valence-corrected chi connectivity index (χ1v) is 8.94. The lowest BCUT2D eigenvalue weighted by Crippen LogP contribution is -2.67. The van der Waals surface area contributed by atoms with Gasteiger partial charge in [0.2, 0.25) is 5.91 Å². The summed E-state index contributed by atoms with van der Waals surface area (Å²) in [4.78, 5) is 11.3. The van der Waals surface area contributed by atoms with Crippen LogP contribution in [0.25, 0.3) is 0 Å². The van der Waals surface area contributed by atoms with Crippen LogP contribution in [-0.2, 0) is 11.2 Å². The van der Waals surface area contributed by atoms with Crippen molar-refractivity contribution in [3.63, 3.8) is 0 Å². The molecule has 3 N–H and O–H groups in total. The minimum Gasteiger partial charge on any atom is -0.377 e. The van der Waals surface area contributed by atoms with Crippen molar-refractivity contribution in [3.8, 4) is 0 Å². The maximum Gasteiger partial charge on any atom is 0.248 e. The van der Waals surface area contributed by atoms with Gasteiger partial charge in [-0.25, -0.2) is 0 Å². The largest absolute Gasteiger partial charge is 0.377 e. The fourth-order valence-electron chi connectivity index (χ4n) is 5.26. The van der Waals surface area contributed by atoms with E-state index in [-0.39, 0.29) is 5.91 Å². The Morgan fingerprint density at radius 3 is 2.96 bits per heavy atom. The lowest BCUT2D eigenvalue weighted by atomic mass is 9.54. The number of hydrogen-bond donors (Lipinski definition) is 2. The summed E-state index contributed by atoms with van der Waals surface area (Å²) < 4.78 is 6.04. The molecule has 1 aromatic carbocycles. The van der Waals surface area contributed by atoms with Gasteiger partial charge in [0.25, 0.3) is 0 Å². The predicted molar refractivity (Wildman–Crippen MR) is 89.2 cm³/mol. The van der Waals surface area contributed by atoms with Gasteiger partial charge >= 0.3 is 0 Å². The summed E-state index contributed by atoms with van der Waals surface area (Å²) >= 11 is 0. The molecule has 1 aromatic rings. The Labute approximate surface area is 137 Å². The molecule has 1 spiro atoms. The SMILES string of the molecule is NC(=O)c1cccc(CCN[C@@H]2[C@@H]3CCO[C@@H]3C23CCCC3)c1. The molecule has 4 nitrogen and oxygen atoms in total. The molecule has 0 aromatic heterocycles. The van der Waals surface area contributed by atoms with E-state index in [2.05, 4.69) is 11.4 Å². The molecule has 0 unspecified atom stereocenters. The average molecular weight is 314 g/mol. The highest BCUT2D eigenvalue weighted by molar-refractivity contribution is 5.92. The average Bonchev–Trinajstić information content (AvgIpc) is 3.20. The van der Waals surface area contributed by atoms with Crippen LogP contribution in [0.1, 0.15) is 48.0 Å². The normalized spacial score (nSPS) is 31.0. The molecule has 1 heterocycles. The quantitative estimate of drug-likeness (QED) is 0.876. The Kier molecular flexibility index (Phi) is 3.90. The molecule has 2 aliphatic carbocycles. The summed E-state index contributed by atoms with van der Waals surface area (Å²) in [7, 11) is 0. The van der Waals surface area contributed by atoms with Gasteiger partial charge in [-0.05, 0) is 49.9 Å². The van der Waals surface area contributed by atoms with E-state index in [1.165, 1.54) is 37.7 Å². The van der Waals surface area contributed by atoms with Crippen LogP contribution in [0.15, 0.2) is 24.3 Å². The van der Waals surface area contributed by atoms with Crippen molar-refractivity contribution >= 4 is 5.91 Å². The zero-order chi connectivity index (χ0) is 15.9. The molecular weight excluding hydrogens is 288 g/mol. The molecule has 4 rings (SSSR count). The number of carbonyl (C=O) groups excluding carboxylic acids is 1. The third-order valence-electron chi connectivity index (χ3n) is 6.28. The van der Waals surface area contributed by atoms with E-state index in [9.17, 15) is 4.79 Å². The molecule has 124 valence electrons. The highest BCUT2D eigenvalue weighted by atomic mass is 16.5. The first-order valence-electron chi connectivity index (χ1n) is 8.94. The zero-order valence-electron chi connectivity index (χ0n) is 13.6. The van der Waals surface area contributed by atoms with Crippen LogP contribution in [0, 0.1) is 11.3 Å². The second-order valence-corrected chi connectivity index (χ2v) is 7.43. The van der Waals surface area contributed by atoms with Crippen LogP contribution < -0.4 is 11.1 Å². The molecule has 2 saturated carbocycles. The van der Waals surface area contributed by atoms with E-state index in [0.717, 1.165) is 19.6 Å². The van der Waals surface area contributed by atoms with E-state index >= 15 is 0 Å². The number of nitrogens with two attached hydrogens (primary N) is 1. The third kappa shape index (κ3) is 2.48. The van der Waals surface area contributed by atoms with Crippen LogP contribution >= 0.6 is 0 Å². The zero-order valence-corrected chi connectivity index (χ0v) is 13.6. The van der Waals surface area contributed by atoms with E-state index in [0.29, 0.717) is 29.0 Å². The maximum absolute atomic E-state index is 11.3. The molecule has 4 heteroatoms. The molecular formula is C19H26N2O2. The number of amides is 1. The first kappa shape index (κ1) is 15.2. The van der Waals surface area contributed by atoms with Crippen molar-refractivity contribution in [3.05, 3.63) is 35.4 Å². The summed E-state index contributed by atoms with van der Waals surface area (Å²) in [5.74, 6) is 0.361. The fourth-order valence-corrected chi connectivity index (χ4v) is 5.26. The Hall–Kier alpha value is -1.39. The fraction of sp³-hybridized carbons (Fsp3) is 0.632. The van der Waals surface area contributed by atoms with Crippen LogP contribution in [0.2, 0.25) is 0 Å². The Bertz CT molecular complexity index is 595. The van der Waals surface area contributed by atoms with Crippen molar-refractivity contribution in [2.75, 3.05) is 13.2 Å². The second-order valence-electron chi connectivity index (χ2n) is 7.43. The molecule has 0 radical (unpaired) electrons. The van der Waals surface area contributed by atoms with Crippen LogP contribution in [0.4, 0.5) is 0 Å². The van der Waals surface area contributed by atoms with Crippen LogP contribution in [0.5, 0.6) is 0 Å². The number of nitrogens with one attached hydrogen (secondary N) is 1. The summed E-state index contributed by atoms with van der Waals surface area (Å²) in [5, 5.41) is 3.82. The standard InChI is InChI=1S/C19H26N2O2/c20-18(22)14-5-3-4-13(12-14)6-10-21-16-15-7-11-23-17(15)19(16)8-1-2-9-19/h3-5,12,15-17,21H,1-2,6-11H2,(H2,20,22)/t15-,16+,17-/m0/s1. The van der Waals surface area contributed by atoms with Gasteiger partial charge in [0.15, 0.2) is 0 Å². The van der Waals surface area contributed by atoms with Gasteiger partial charge in [0.1, 0.15) is 0 Å². The van der Waals surface area contributed by atoms with Crippen molar-refractivity contribution in [1.29, 1.82) is 0 Å². The topological polar surface area (TPSA) is 64.4 Å². The summed E-state index contributed by atoms with van der Waals surface area (Å²) in [5.41, 5.74) is 7.55. The van der Waals surface area contributed by atoms with Gasteiger partial charge in [0, 0.05) is 29.5 Å². The predicted octanol–water partition coefficient (Wildman–Crippen LogP) is 2.27. The van der Waals surface area contributed by atoms with Gasteiger partial charge in [-0.2, -0.15) is 0 Å². The van der Waals surface area contributed by atoms with E-state index < -0.39 is 0 Å². The highest BCUT2D eigenvalue weighted by Gasteiger charge is 2.64. The van der Waals surface area contributed by atoms with Gasteiger partial charge in [0.05, 0.1) is 6.10 Å². The van der Waals surface area contributed by atoms with E-state index in [4.69, 9.17) is 10.5 Å². The number of carbonyl (C=O) groups is 1. The van der Waals surface area contributed by atoms with Crippen LogP contribution in [-0.4, -0.2) is 31.2 Å². The van der Waals surface area contributed by atoms with Crippen molar-refractivity contribution in [2.24, 2.45) is 17.1 Å². The first-order chi connectivity index (χ1) is 11.2. The molecule has 3 aliphatic rings. The lowest BCUT2D eigenvalue weighted by Gasteiger charge is -2.57. The summed E-state index contributed by atoms with van der Waals surface area (Å²) in [6.45, 7) is 1.90. The second kappa shape index (κ2) is 5.91. The number of primary amides is 1. The molecule has 1 aliphatic heterocycles. The van der Waals surface area contributed by atoms with Gasteiger partial charge in [-0.3, -0.25) is 4.79 Å². The number of ether oxygens (including phenoxy) is 1. The van der Waals surface area contributed by atoms with Gasteiger partial charge in [-0.1, -0.05) is 25.0 Å². The lowest BCUT2D eigenvalue weighted by molar-refractivity contribution is -0.130. The third-order valence-corrected chi connectivity index (χ3v) is 6.28. The van der Waals surface area contributed by atoms with Crippen molar-refractivity contribution in [2.45, 2.75) is 50.7 Å². The van der Waals surface area contributed by atoms with Crippen molar-refractivity contribution in [1.82, 2.24) is 5.32 Å². The minimum absolute atomic E-state index is 0.352. The minimum atomic E-state index is -0.352. The smallest absolute Gasteiger partial charge is 0.248 e. The Morgan fingerprint density at radius 2 is 2.17 bits per heavy atom. The number of rotatable bonds is 5. The monoisotopic (exact) mass is 314 g/mol. The van der Waals surface area contributed by atoms with Gasteiger partial charge in [-0.15, -0.1) is 0 Å². The molecule has 23 heavy (non-hydrogen) atoms. The number of fused-ring (bicyclic) bond motifs is 2. The molecule has 3 atom stereocenters. The van der Waals surface area contributed by atoms with Crippen LogP contribution in [0.3, 0.4) is 0 Å². The highest BCUT2D eigenvalue weighted by Crippen LogP contribution is 2.60.